The average molecular weight is 269 g/mol. The fourth-order valence-corrected chi connectivity index (χ4v) is 4.73. The van der Waals surface area contributed by atoms with E-state index >= 15 is 0 Å². The summed E-state index contributed by atoms with van der Waals surface area (Å²) in [6.45, 7) is 0.284. The number of imide groups is 1. The van der Waals surface area contributed by atoms with Crippen molar-refractivity contribution in [2.45, 2.75) is 13.0 Å². The minimum Gasteiger partial charge on any atom is -0.467 e. The Hall–Kier alpha value is -1.84. The van der Waals surface area contributed by atoms with E-state index in [9.17, 15) is 9.59 Å². The molecule has 6 rings (SSSR count). The molecule has 1 aromatic heterocycles. The molecule has 4 aliphatic carbocycles. The highest BCUT2D eigenvalue weighted by Gasteiger charge is 2.66. The van der Waals surface area contributed by atoms with Gasteiger partial charge in [-0.15, -0.1) is 0 Å². The van der Waals surface area contributed by atoms with Crippen molar-refractivity contribution in [2.75, 3.05) is 0 Å². The van der Waals surface area contributed by atoms with Crippen molar-refractivity contribution < 1.29 is 14.0 Å². The summed E-state index contributed by atoms with van der Waals surface area (Å²) >= 11 is 0. The number of hydrogen-bond acceptors (Lipinski definition) is 3. The zero-order valence-electron chi connectivity index (χ0n) is 10.9. The highest BCUT2D eigenvalue weighted by Crippen LogP contribution is 2.65. The number of amides is 2. The van der Waals surface area contributed by atoms with E-state index in [0.29, 0.717) is 29.4 Å². The van der Waals surface area contributed by atoms with Gasteiger partial charge in [0.25, 0.3) is 0 Å². The maximum Gasteiger partial charge on any atom is 0.234 e. The molecular formula is C16H15NO3. The highest BCUT2D eigenvalue weighted by molar-refractivity contribution is 6.06. The van der Waals surface area contributed by atoms with Gasteiger partial charge in [-0.05, 0) is 42.2 Å². The lowest BCUT2D eigenvalue weighted by molar-refractivity contribution is -0.141. The van der Waals surface area contributed by atoms with Gasteiger partial charge in [0.05, 0.1) is 24.6 Å². The number of nitrogens with zero attached hydrogens (tertiary/aromatic N) is 1. The molecule has 0 unspecified atom stereocenters. The van der Waals surface area contributed by atoms with Crippen LogP contribution in [0.3, 0.4) is 0 Å². The molecule has 0 spiro atoms. The van der Waals surface area contributed by atoms with Crippen molar-refractivity contribution in [3.63, 3.8) is 0 Å². The molecule has 0 aromatic carbocycles. The second-order valence-corrected chi connectivity index (χ2v) is 6.50. The van der Waals surface area contributed by atoms with Crippen LogP contribution in [0.2, 0.25) is 0 Å². The summed E-state index contributed by atoms with van der Waals surface area (Å²) < 4.78 is 5.28. The lowest BCUT2D eigenvalue weighted by Gasteiger charge is -2.37. The summed E-state index contributed by atoms with van der Waals surface area (Å²) in [6.07, 6.45) is 7.17. The Labute approximate surface area is 116 Å². The van der Waals surface area contributed by atoms with Gasteiger partial charge in [-0.25, -0.2) is 0 Å². The van der Waals surface area contributed by atoms with Crippen molar-refractivity contribution >= 4 is 11.8 Å². The molecule has 0 radical (unpaired) electrons. The number of allylic oxidation sites excluding steroid dienone is 2. The van der Waals surface area contributed by atoms with Gasteiger partial charge in [0, 0.05) is 0 Å². The molecule has 1 aromatic rings. The molecule has 0 N–H and O–H groups in total. The molecule has 20 heavy (non-hydrogen) atoms. The Bertz CT molecular complexity index is 596. The van der Waals surface area contributed by atoms with Gasteiger partial charge in [-0.1, -0.05) is 12.2 Å². The van der Waals surface area contributed by atoms with Crippen LogP contribution in [0.1, 0.15) is 12.2 Å². The van der Waals surface area contributed by atoms with Crippen LogP contribution >= 0.6 is 0 Å². The van der Waals surface area contributed by atoms with Gasteiger partial charge in [-0.3, -0.25) is 14.5 Å². The summed E-state index contributed by atoms with van der Waals surface area (Å²) in [4.78, 5) is 26.7. The smallest absolute Gasteiger partial charge is 0.234 e. The fraction of sp³-hybridized carbons (Fsp3) is 0.500. The third kappa shape index (κ3) is 1.18. The van der Waals surface area contributed by atoms with Gasteiger partial charge >= 0.3 is 0 Å². The summed E-state index contributed by atoms with van der Waals surface area (Å²) in [5, 5.41) is 0. The highest BCUT2D eigenvalue weighted by atomic mass is 16.3. The van der Waals surface area contributed by atoms with Crippen LogP contribution in [0.5, 0.6) is 0 Å². The van der Waals surface area contributed by atoms with E-state index in [1.165, 1.54) is 11.3 Å². The number of likely N-dealkylation sites (tertiary alicyclic amines) is 1. The Morgan fingerprint density at radius 1 is 1.10 bits per heavy atom. The topological polar surface area (TPSA) is 50.5 Å². The van der Waals surface area contributed by atoms with Crippen LogP contribution in [0.15, 0.2) is 35.0 Å². The predicted octanol–water partition coefficient (Wildman–Crippen LogP) is 1.83. The van der Waals surface area contributed by atoms with Crippen LogP contribution in [-0.4, -0.2) is 16.7 Å². The maximum atomic E-state index is 12.7. The molecule has 6 atom stereocenters. The minimum atomic E-state index is -0.101. The van der Waals surface area contributed by atoms with E-state index in [2.05, 4.69) is 12.2 Å². The first kappa shape index (κ1) is 10.9. The lowest BCUT2D eigenvalue weighted by Crippen LogP contribution is -2.40. The molecular weight excluding hydrogens is 254 g/mol. The van der Waals surface area contributed by atoms with Crippen molar-refractivity contribution in [1.29, 1.82) is 0 Å². The van der Waals surface area contributed by atoms with Crippen molar-refractivity contribution in [1.82, 2.24) is 4.90 Å². The summed E-state index contributed by atoms with van der Waals surface area (Å²) in [5.41, 5.74) is 0. The number of carbonyl (C=O) groups excluding carboxylic acids is 2. The fourth-order valence-electron chi connectivity index (χ4n) is 4.73. The number of rotatable bonds is 2. The molecule has 2 bridgehead atoms. The monoisotopic (exact) mass is 269 g/mol. The lowest BCUT2D eigenvalue weighted by atomic mass is 9.63. The molecule has 2 amide bonds. The summed E-state index contributed by atoms with van der Waals surface area (Å²) in [6, 6.07) is 3.60. The zero-order valence-corrected chi connectivity index (χ0v) is 10.9. The molecule has 4 nitrogen and oxygen atoms in total. The Kier molecular flexibility index (Phi) is 1.87. The maximum absolute atomic E-state index is 12.7. The van der Waals surface area contributed by atoms with Gasteiger partial charge in [-0.2, -0.15) is 0 Å². The van der Waals surface area contributed by atoms with E-state index in [0.717, 1.165) is 0 Å². The Morgan fingerprint density at radius 3 is 2.30 bits per heavy atom. The SMILES string of the molecule is O=C1[C@@H]2[C@H]3C=C[C@H]([C@H]4C[C@H]34)[C@@H]2C(=O)N1Cc1ccco1. The first-order valence-corrected chi connectivity index (χ1v) is 7.31. The predicted molar refractivity (Wildman–Crippen MR) is 69.0 cm³/mol. The Morgan fingerprint density at radius 2 is 1.75 bits per heavy atom. The number of furan rings is 1. The van der Waals surface area contributed by atoms with E-state index in [1.54, 1.807) is 12.3 Å². The first-order valence-electron chi connectivity index (χ1n) is 7.31. The van der Waals surface area contributed by atoms with Crippen LogP contribution < -0.4 is 0 Å². The van der Waals surface area contributed by atoms with Gasteiger partial charge < -0.3 is 4.42 Å². The van der Waals surface area contributed by atoms with E-state index in [-0.39, 0.29) is 30.2 Å². The van der Waals surface area contributed by atoms with Crippen LogP contribution in [-0.2, 0) is 16.1 Å². The average Bonchev–Trinajstić information content (AvgIpc) is 3.08. The van der Waals surface area contributed by atoms with Crippen LogP contribution in [0.25, 0.3) is 0 Å². The normalized spacial score (nSPS) is 43.9. The van der Waals surface area contributed by atoms with Crippen LogP contribution in [0, 0.1) is 35.5 Å². The van der Waals surface area contributed by atoms with E-state index in [4.69, 9.17) is 4.42 Å². The van der Waals surface area contributed by atoms with Crippen LogP contribution in [0.4, 0.5) is 0 Å². The third-order valence-corrected chi connectivity index (χ3v) is 5.65. The number of hydrogen-bond donors (Lipinski definition) is 0. The molecule has 3 fully saturated rings. The first-order chi connectivity index (χ1) is 9.75. The van der Waals surface area contributed by atoms with E-state index < -0.39 is 0 Å². The van der Waals surface area contributed by atoms with Crippen molar-refractivity contribution in [3.8, 4) is 0 Å². The van der Waals surface area contributed by atoms with Gasteiger partial charge in [0.2, 0.25) is 11.8 Å². The molecule has 1 saturated heterocycles. The van der Waals surface area contributed by atoms with Crippen molar-refractivity contribution in [2.24, 2.45) is 35.5 Å². The van der Waals surface area contributed by atoms with Gasteiger partial charge in [0.15, 0.2) is 0 Å². The third-order valence-electron chi connectivity index (χ3n) is 5.65. The molecule has 2 saturated carbocycles. The molecule has 5 aliphatic rings. The Balaban J connectivity index is 1.51. The molecule has 4 heteroatoms. The number of carbonyl (C=O) groups is 2. The zero-order chi connectivity index (χ0) is 13.4. The van der Waals surface area contributed by atoms with E-state index in [1.807, 2.05) is 6.07 Å². The van der Waals surface area contributed by atoms with Crippen molar-refractivity contribution in [3.05, 3.63) is 36.3 Å². The quantitative estimate of drug-likeness (QED) is 0.608. The van der Waals surface area contributed by atoms with Gasteiger partial charge in [0.1, 0.15) is 5.76 Å². The standard InChI is InChI=1S/C16H15NO3/c18-15-13-9-3-4-10(12-6-11(9)12)14(13)16(19)17(15)7-8-2-1-5-20-8/h1-5,9-14H,6-7H2/t9-,10+,11-,12-,13+,14-/m1/s1. The molecule has 102 valence electrons. The molecule has 2 heterocycles. The molecule has 1 aliphatic heterocycles. The summed E-state index contributed by atoms with van der Waals surface area (Å²) in [5.74, 6) is 2.42. The second-order valence-electron chi connectivity index (χ2n) is 6.50. The minimum absolute atomic E-state index is 0.0149. The second kappa shape index (κ2) is 3.43. The summed E-state index contributed by atoms with van der Waals surface area (Å²) in [7, 11) is 0. The largest absolute Gasteiger partial charge is 0.467 e.